The van der Waals surface area contributed by atoms with E-state index in [4.69, 9.17) is 5.73 Å². The Morgan fingerprint density at radius 3 is 2.70 bits per heavy atom. The van der Waals surface area contributed by atoms with E-state index in [2.05, 4.69) is 34.7 Å². The number of aromatic nitrogens is 2. The summed E-state index contributed by atoms with van der Waals surface area (Å²) in [6, 6.07) is 12.3. The number of hydrogen-bond donors (Lipinski definition) is 2. The topological polar surface area (TPSA) is 55.9 Å². The molecule has 0 saturated carbocycles. The molecule has 0 unspecified atom stereocenters. The second kappa shape index (κ2) is 5.79. The second-order valence-corrected chi connectivity index (χ2v) is 5.55. The molecule has 20 heavy (non-hydrogen) atoms. The van der Waals surface area contributed by atoms with E-state index in [0.717, 1.165) is 24.5 Å². The summed E-state index contributed by atoms with van der Waals surface area (Å²) in [5, 5.41) is 9.60. The average Bonchev–Trinajstić information content (AvgIpc) is 3.10. The van der Waals surface area contributed by atoms with Gasteiger partial charge in [-0.1, -0.05) is 12.1 Å². The summed E-state index contributed by atoms with van der Waals surface area (Å²) < 4.78 is 1.91. The highest BCUT2D eigenvalue weighted by molar-refractivity contribution is 7.10. The van der Waals surface area contributed by atoms with Gasteiger partial charge in [-0.05, 0) is 35.2 Å². The molecular weight excluding hydrogens is 268 g/mol. The number of benzene rings is 1. The highest BCUT2D eigenvalue weighted by Gasteiger charge is 2.01. The molecule has 0 spiro atoms. The van der Waals surface area contributed by atoms with Crippen LogP contribution >= 0.6 is 11.3 Å². The molecule has 0 aliphatic rings. The predicted molar refractivity (Wildman–Crippen MR) is 83.8 cm³/mol. The summed E-state index contributed by atoms with van der Waals surface area (Å²) in [7, 11) is 0. The van der Waals surface area contributed by atoms with Crippen LogP contribution in [0.3, 0.4) is 0 Å². The van der Waals surface area contributed by atoms with Gasteiger partial charge in [0.15, 0.2) is 0 Å². The minimum absolute atomic E-state index is 0.766. The monoisotopic (exact) mass is 284 g/mol. The number of hydrogen-bond acceptors (Lipinski definition) is 4. The van der Waals surface area contributed by atoms with Crippen LogP contribution in [0.15, 0.2) is 54.2 Å². The Hall–Kier alpha value is -2.27. The maximum Gasteiger partial charge on any atom is 0.0659 e. The molecule has 4 nitrogen and oxygen atoms in total. The first kappa shape index (κ1) is 12.7. The standard InChI is InChI=1S/C15H16N4S/c16-14-6-9-20-15(14)10-17-13-4-2-12(3-5-13)11-19-8-1-7-18-19/h1-9,17H,10-11,16H2. The number of nitrogen functional groups attached to an aromatic ring is 1. The Labute approximate surface area is 121 Å². The lowest BCUT2D eigenvalue weighted by Gasteiger charge is -2.07. The van der Waals surface area contributed by atoms with Crippen molar-refractivity contribution in [3.05, 3.63) is 64.6 Å². The minimum Gasteiger partial charge on any atom is -0.398 e. The molecule has 3 N–H and O–H groups in total. The van der Waals surface area contributed by atoms with Crippen molar-refractivity contribution in [3.63, 3.8) is 0 Å². The van der Waals surface area contributed by atoms with Crippen molar-refractivity contribution in [3.8, 4) is 0 Å². The molecule has 0 aliphatic carbocycles. The van der Waals surface area contributed by atoms with Gasteiger partial charge in [-0.25, -0.2) is 0 Å². The van der Waals surface area contributed by atoms with E-state index in [-0.39, 0.29) is 0 Å². The molecule has 3 aromatic rings. The lowest BCUT2D eigenvalue weighted by Crippen LogP contribution is -2.02. The molecule has 0 atom stereocenters. The van der Waals surface area contributed by atoms with E-state index in [1.165, 1.54) is 10.4 Å². The van der Waals surface area contributed by atoms with Gasteiger partial charge in [-0.3, -0.25) is 4.68 Å². The third-order valence-electron chi connectivity index (χ3n) is 3.09. The van der Waals surface area contributed by atoms with Crippen molar-refractivity contribution in [1.82, 2.24) is 9.78 Å². The molecule has 0 amide bonds. The fourth-order valence-electron chi connectivity index (χ4n) is 1.99. The van der Waals surface area contributed by atoms with E-state index in [1.807, 2.05) is 28.4 Å². The SMILES string of the molecule is Nc1ccsc1CNc1ccc(Cn2cccn2)cc1. The van der Waals surface area contributed by atoms with Gasteiger partial charge in [0.05, 0.1) is 13.1 Å². The van der Waals surface area contributed by atoms with Gasteiger partial charge in [0.25, 0.3) is 0 Å². The fraction of sp³-hybridized carbons (Fsp3) is 0.133. The van der Waals surface area contributed by atoms with Crippen LogP contribution in [0.2, 0.25) is 0 Å². The summed E-state index contributed by atoms with van der Waals surface area (Å²) >= 11 is 1.68. The normalized spacial score (nSPS) is 10.6. The zero-order chi connectivity index (χ0) is 13.8. The van der Waals surface area contributed by atoms with Crippen LogP contribution in [0.4, 0.5) is 11.4 Å². The predicted octanol–water partition coefficient (Wildman–Crippen LogP) is 3.19. The van der Waals surface area contributed by atoms with Crippen LogP contribution in [-0.4, -0.2) is 9.78 Å². The van der Waals surface area contributed by atoms with Crippen LogP contribution in [0.5, 0.6) is 0 Å². The molecule has 3 rings (SSSR count). The lowest BCUT2D eigenvalue weighted by molar-refractivity contribution is 0.687. The molecule has 2 heterocycles. The number of nitrogens with two attached hydrogens (primary N) is 1. The van der Waals surface area contributed by atoms with Crippen molar-refractivity contribution in [2.45, 2.75) is 13.1 Å². The number of thiophene rings is 1. The van der Waals surface area contributed by atoms with Gasteiger partial charge in [-0.15, -0.1) is 11.3 Å². The van der Waals surface area contributed by atoms with E-state index < -0.39 is 0 Å². The quantitative estimate of drug-likeness (QED) is 0.756. The summed E-state index contributed by atoms with van der Waals surface area (Å²) in [4.78, 5) is 1.17. The summed E-state index contributed by atoms with van der Waals surface area (Å²) in [6.07, 6.45) is 3.76. The minimum atomic E-state index is 0.766. The largest absolute Gasteiger partial charge is 0.398 e. The Balaban J connectivity index is 1.60. The molecular formula is C15H16N4S. The molecule has 0 radical (unpaired) electrons. The first-order valence-corrected chi connectivity index (χ1v) is 7.31. The van der Waals surface area contributed by atoms with Gasteiger partial charge in [-0.2, -0.15) is 5.10 Å². The molecule has 102 valence electrons. The Morgan fingerprint density at radius 2 is 2.05 bits per heavy atom. The second-order valence-electron chi connectivity index (χ2n) is 4.55. The van der Waals surface area contributed by atoms with Gasteiger partial charge in [0.2, 0.25) is 0 Å². The van der Waals surface area contributed by atoms with Gasteiger partial charge in [0, 0.05) is 28.6 Å². The third kappa shape index (κ3) is 3.00. The fourth-order valence-corrected chi connectivity index (χ4v) is 2.72. The van der Waals surface area contributed by atoms with Crippen LogP contribution < -0.4 is 11.1 Å². The first-order chi connectivity index (χ1) is 9.81. The maximum absolute atomic E-state index is 5.87. The Morgan fingerprint density at radius 1 is 1.20 bits per heavy atom. The summed E-state index contributed by atoms with van der Waals surface area (Å²) in [6.45, 7) is 1.56. The smallest absolute Gasteiger partial charge is 0.0659 e. The van der Waals surface area contributed by atoms with Gasteiger partial charge < -0.3 is 11.1 Å². The van der Waals surface area contributed by atoms with E-state index in [1.54, 1.807) is 17.5 Å². The summed E-state index contributed by atoms with van der Waals surface area (Å²) in [5.74, 6) is 0. The van der Waals surface area contributed by atoms with Gasteiger partial charge >= 0.3 is 0 Å². The van der Waals surface area contributed by atoms with E-state index in [0.29, 0.717) is 0 Å². The molecule has 2 aromatic heterocycles. The molecule has 0 saturated heterocycles. The number of anilines is 2. The van der Waals surface area contributed by atoms with Crippen LogP contribution in [0.1, 0.15) is 10.4 Å². The number of nitrogens with zero attached hydrogens (tertiary/aromatic N) is 2. The maximum atomic E-state index is 5.87. The Kier molecular flexibility index (Phi) is 3.69. The zero-order valence-electron chi connectivity index (χ0n) is 11.0. The zero-order valence-corrected chi connectivity index (χ0v) is 11.8. The third-order valence-corrected chi connectivity index (χ3v) is 4.03. The Bertz CT molecular complexity index is 656. The van der Waals surface area contributed by atoms with Crippen molar-refractivity contribution < 1.29 is 0 Å². The molecule has 0 fully saturated rings. The van der Waals surface area contributed by atoms with Crippen molar-refractivity contribution in [2.75, 3.05) is 11.1 Å². The van der Waals surface area contributed by atoms with Crippen molar-refractivity contribution in [1.29, 1.82) is 0 Å². The highest BCUT2D eigenvalue weighted by atomic mass is 32.1. The van der Waals surface area contributed by atoms with E-state index in [9.17, 15) is 0 Å². The number of rotatable bonds is 5. The average molecular weight is 284 g/mol. The number of nitrogens with one attached hydrogen (secondary N) is 1. The van der Waals surface area contributed by atoms with E-state index >= 15 is 0 Å². The lowest BCUT2D eigenvalue weighted by atomic mass is 10.2. The molecule has 0 aliphatic heterocycles. The first-order valence-electron chi connectivity index (χ1n) is 6.43. The molecule has 5 heteroatoms. The van der Waals surface area contributed by atoms with Crippen LogP contribution in [0.25, 0.3) is 0 Å². The van der Waals surface area contributed by atoms with Crippen molar-refractivity contribution in [2.24, 2.45) is 0 Å². The van der Waals surface area contributed by atoms with Gasteiger partial charge in [0.1, 0.15) is 0 Å². The van der Waals surface area contributed by atoms with Crippen LogP contribution in [-0.2, 0) is 13.1 Å². The molecule has 0 bridgehead atoms. The molecule has 1 aromatic carbocycles. The van der Waals surface area contributed by atoms with Crippen LogP contribution in [0, 0.1) is 0 Å². The van der Waals surface area contributed by atoms with Crippen molar-refractivity contribution >= 4 is 22.7 Å². The summed E-state index contributed by atoms with van der Waals surface area (Å²) in [5.41, 5.74) is 9.05. The highest BCUT2D eigenvalue weighted by Crippen LogP contribution is 2.20.